The van der Waals surface area contributed by atoms with E-state index < -0.39 is 0 Å². The summed E-state index contributed by atoms with van der Waals surface area (Å²) in [6.07, 6.45) is 6.99. The molecule has 0 fully saturated rings. The third-order valence-electron chi connectivity index (χ3n) is 5.38. The molecule has 0 unspecified atom stereocenters. The highest BCUT2D eigenvalue weighted by Crippen LogP contribution is 2.36. The second-order valence-corrected chi connectivity index (χ2v) is 7.82. The number of hydrogen-bond acceptors (Lipinski definition) is 7. The van der Waals surface area contributed by atoms with Crippen LogP contribution in [-0.2, 0) is 15.9 Å². The number of phenols is 1. The van der Waals surface area contributed by atoms with Gasteiger partial charge >= 0.3 is 0 Å². The quantitative estimate of drug-likeness (QED) is 0.178. The Morgan fingerprint density at radius 2 is 1.66 bits per heavy atom. The van der Waals surface area contributed by atoms with Gasteiger partial charge in [-0.15, -0.1) is 0 Å². The minimum Gasteiger partial charge on any atom is -0.508 e. The Bertz CT molecular complexity index is 1130. The third-order valence-corrected chi connectivity index (χ3v) is 5.38. The number of hydrogen-bond donors (Lipinski definition) is 3. The molecule has 0 aliphatic carbocycles. The maximum absolute atomic E-state index is 9.64. The Labute approximate surface area is 206 Å². The smallest absolute Gasteiger partial charge is 0.205 e. The Balaban J connectivity index is 1.57. The van der Waals surface area contributed by atoms with Crippen molar-refractivity contribution < 1.29 is 19.3 Å². The number of allylic oxidation sites excluding steroid dienone is 1. The van der Waals surface area contributed by atoms with Crippen molar-refractivity contribution in [3.05, 3.63) is 72.4 Å². The molecule has 35 heavy (non-hydrogen) atoms. The number of nitrogens with one attached hydrogen (secondary N) is 1. The second-order valence-electron chi connectivity index (χ2n) is 7.82. The molecule has 7 nitrogen and oxygen atoms in total. The Morgan fingerprint density at radius 1 is 0.971 bits per heavy atom. The molecule has 0 saturated heterocycles. The van der Waals surface area contributed by atoms with Crippen molar-refractivity contribution in [1.82, 2.24) is 4.98 Å². The van der Waals surface area contributed by atoms with Crippen LogP contribution in [0.15, 0.2) is 66.9 Å². The molecule has 0 amide bonds. The summed E-state index contributed by atoms with van der Waals surface area (Å²) in [5.74, 6) is 1.57. The number of phenolic OH excluding ortho intramolecular Hbond substituents is 1. The molecule has 3 aromatic rings. The first kappa shape index (κ1) is 25.8. The number of nitrogens with zero attached hydrogens (tertiary/aromatic N) is 1. The fraction of sp³-hybridized carbons (Fsp3) is 0.286. The van der Waals surface area contributed by atoms with Crippen LogP contribution in [0.3, 0.4) is 0 Å². The molecule has 2 aromatic carbocycles. The lowest BCUT2D eigenvalue weighted by Crippen LogP contribution is -2.12. The van der Waals surface area contributed by atoms with Gasteiger partial charge in [0.2, 0.25) is 5.90 Å². The highest BCUT2D eigenvalue weighted by molar-refractivity contribution is 5.85. The van der Waals surface area contributed by atoms with Gasteiger partial charge in [0, 0.05) is 17.3 Å². The zero-order valence-corrected chi connectivity index (χ0v) is 20.3. The van der Waals surface area contributed by atoms with Crippen LogP contribution in [0.4, 0.5) is 5.82 Å². The lowest BCUT2D eigenvalue weighted by molar-refractivity contribution is 0.0738. The fourth-order valence-electron chi connectivity index (χ4n) is 3.67. The average Bonchev–Trinajstić information content (AvgIpc) is 2.87. The zero-order chi connectivity index (χ0) is 25.0. The summed E-state index contributed by atoms with van der Waals surface area (Å²) in [6.45, 7) is 5.69. The number of pyridine rings is 1. The number of aromatic nitrogens is 1. The minimum absolute atomic E-state index is 0.143. The summed E-state index contributed by atoms with van der Waals surface area (Å²) >= 11 is 0. The van der Waals surface area contributed by atoms with E-state index in [4.69, 9.17) is 25.4 Å². The molecule has 3 rings (SSSR count). The Hall–Kier alpha value is -3.84. The number of nitrogens with two attached hydrogens (primary N) is 1. The number of ether oxygens (including phenoxy) is 3. The van der Waals surface area contributed by atoms with Gasteiger partial charge in [0.15, 0.2) is 0 Å². The molecule has 0 bridgehead atoms. The molecule has 7 heteroatoms. The molecule has 0 spiro atoms. The van der Waals surface area contributed by atoms with Crippen molar-refractivity contribution in [1.29, 1.82) is 5.41 Å². The SMILES string of the molecule is CC/C=C\C(=N)OCCOCCOc1ccc(-c2cnc(N)c(-c3ccc(O)cc3)c2CC)cc1. The fourth-order valence-corrected chi connectivity index (χ4v) is 3.67. The average molecular weight is 476 g/mol. The van der Waals surface area contributed by atoms with Crippen LogP contribution in [0.25, 0.3) is 22.3 Å². The Morgan fingerprint density at radius 3 is 2.34 bits per heavy atom. The molecule has 1 heterocycles. The van der Waals surface area contributed by atoms with E-state index in [1.807, 2.05) is 55.6 Å². The van der Waals surface area contributed by atoms with E-state index >= 15 is 0 Å². The van der Waals surface area contributed by atoms with E-state index in [-0.39, 0.29) is 11.6 Å². The topological polar surface area (TPSA) is 111 Å². The maximum atomic E-state index is 9.64. The summed E-state index contributed by atoms with van der Waals surface area (Å²) < 4.78 is 16.5. The molecular weight excluding hydrogens is 442 g/mol. The van der Waals surface area contributed by atoms with E-state index in [9.17, 15) is 5.11 Å². The maximum Gasteiger partial charge on any atom is 0.205 e. The molecule has 0 aliphatic rings. The van der Waals surface area contributed by atoms with Crippen molar-refractivity contribution in [2.24, 2.45) is 0 Å². The minimum atomic E-state index is 0.143. The van der Waals surface area contributed by atoms with Gasteiger partial charge in [-0.1, -0.05) is 44.2 Å². The van der Waals surface area contributed by atoms with E-state index in [1.54, 1.807) is 18.2 Å². The van der Waals surface area contributed by atoms with Crippen LogP contribution in [0.2, 0.25) is 0 Å². The van der Waals surface area contributed by atoms with Crippen molar-refractivity contribution in [3.8, 4) is 33.8 Å². The first-order valence-electron chi connectivity index (χ1n) is 11.8. The standard InChI is InChI=1S/C28H33N3O4/c1-3-5-6-26(29)35-18-16-33-15-17-34-23-13-9-20(10-14-23)25-19-31-28(30)27(24(25)4-2)21-7-11-22(32)12-8-21/h5-14,19,29,32H,3-4,15-18H2,1-2H3,(H2,30,31)/b6-5-,29-26?. The third kappa shape index (κ3) is 7.32. The van der Waals surface area contributed by atoms with Gasteiger partial charge in [0.1, 0.15) is 30.5 Å². The molecule has 1 aromatic heterocycles. The Kier molecular flexibility index (Phi) is 9.69. The highest BCUT2D eigenvalue weighted by Gasteiger charge is 2.15. The largest absolute Gasteiger partial charge is 0.508 e. The number of nitrogen functional groups attached to an aromatic ring is 1. The van der Waals surface area contributed by atoms with Crippen LogP contribution in [0.5, 0.6) is 11.5 Å². The van der Waals surface area contributed by atoms with Crippen molar-refractivity contribution in [2.45, 2.75) is 26.7 Å². The van der Waals surface area contributed by atoms with E-state index in [1.165, 1.54) is 0 Å². The number of rotatable bonds is 12. The lowest BCUT2D eigenvalue weighted by Gasteiger charge is -2.16. The van der Waals surface area contributed by atoms with Crippen LogP contribution >= 0.6 is 0 Å². The van der Waals surface area contributed by atoms with Gasteiger partial charge in [0.05, 0.1) is 13.2 Å². The predicted octanol–water partition coefficient (Wildman–Crippen LogP) is 5.62. The predicted molar refractivity (Wildman–Crippen MR) is 140 cm³/mol. The monoisotopic (exact) mass is 475 g/mol. The number of aromatic hydroxyl groups is 1. The molecule has 184 valence electrons. The highest BCUT2D eigenvalue weighted by atomic mass is 16.5. The molecule has 0 saturated carbocycles. The van der Waals surface area contributed by atoms with Crippen LogP contribution in [0.1, 0.15) is 25.8 Å². The van der Waals surface area contributed by atoms with Gasteiger partial charge in [-0.2, -0.15) is 0 Å². The number of benzene rings is 2. The van der Waals surface area contributed by atoms with E-state index in [0.29, 0.717) is 32.2 Å². The molecule has 4 N–H and O–H groups in total. The molecule has 0 atom stereocenters. The van der Waals surface area contributed by atoms with E-state index in [2.05, 4.69) is 11.9 Å². The first-order chi connectivity index (χ1) is 17.0. The van der Waals surface area contributed by atoms with Gasteiger partial charge in [-0.25, -0.2) is 4.98 Å². The van der Waals surface area contributed by atoms with Gasteiger partial charge in [0.25, 0.3) is 0 Å². The summed E-state index contributed by atoms with van der Waals surface area (Å²) in [6, 6.07) is 14.9. The summed E-state index contributed by atoms with van der Waals surface area (Å²) in [5.41, 5.74) is 11.2. The van der Waals surface area contributed by atoms with Crippen molar-refractivity contribution in [3.63, 3.8) is 0 Å². The van der Waals surface area contributed by atoms with Gasteiger partial charge in [-0.05, 0) is 59.9 Å². The van der Waals surface area contributed by atoms with Crippen molar-refractivity contribution >= 4 is 11.7 Å². The molecular formula is C28H33N3O4. The van der Waals surface area contributed by atoms with E-state index in [0.717, 1.165) is 46.4 Å². The molecule has 0 aliphatic heterocycles. The lowest BCUT2D eigenvalue weighted by atomic mass is 9.92. The zero-order valence-electron chi connectivity index (χ0n) is 20.3. The second kappa shape index (κ2) is 13.2. The molecule has 0 radical (unpaired) electrons. The summed E-state index contributed by atoms with van der Waals surface area (Å²) in [4.78, 5) is 4.44. The summed E-state index contributed by atoms with van der Waals surface area (Å²) in [7, 11) is 0. The van der Waals surface area contributed by atoms with Crippen molar-refractivity contribution in [2.75, 3.05) is 32.2 Å². The first-order valence-corrected chi connectivity index (χ1v) is 11.8. The van der Waals surface area contributed by atoms with Crippen LogP contribution in [0, 0.1) is 5.41 Å². The summed E-state index contributed by atoms with van der Waals surface area (Å²) in [5, 5.41) is 17.2. The number of anilines is 1. The van der Waals surface area contributed by atoms with Crippen LogP contribution < -0.4 is 10.5 Å². The normalized spacial score (nSPS) is 11.0. The van der Waals surface area contributed by atoms with Gasteiger partial charge in [-0.3, -0.25) is 5.41 Å². The van der Waals surface area contributed by atoms with Crippen LogP contribution in [-0.4, -0.2) is 42.4 Å². The van der Waals surface area contributed by atoms with Gasteiger partial charge < -0.3 is 25.1 Å².